The van der Waals surface area contributed by atoms with Crippen LogP contribution in [0.2, 0.25) is 0 Å². The average Bonchev–Trinajstić information content (AvgIpc) is 2.84. The van der Waals surface area contributed by atoms with Gasteiger partial charge in [-0.1, -0.05) is 30.3 Å². The molecule has 2 N–H and O–H groups in total. The highest BCUT2D eigenvalue weighted by molar-refractivity contribution is 5.94. The van der Waals surface area contributed by atoms with Gasteiger partial charge in [-0.05, 0) is 42.7 Å². The normalized spacial score (nSPS) is 23.4. The number of carbonyl (C=O) groups is 1. The van der Waals surface area contributed by atoms with Crippen LogP contribution in [0.4, 0.5) is 5.69 Å². The Morgan fingerprint density at radius 1 is 0.958 bits per heavy atom. The summed E-state index contributed by atoms with van der Waals surface area (Å²) in [4.78, 5) is 17.4. The molecule has 0 aliphatic carbocycles. The molecule has 0 aromatic heterocycles. The number of carbonyl (C=O) groups excluding carboxylic acids is 1. The van der Waals surface area contributed by atoms with Crippen molar-refractivity contribution in [3.8, 4) is 0 Å². The number of nitrogens with zero attached hydrogens (tertiary/aromatic N) is 2. The van der Waals surface area contributed by atoms with E-state index < -0.39 is 0 Å². The summed E-state index contributed by atoms with van der Waals surface area (Å²) >= 11 is 0. The van der Waals surface area contributed by atoms with Gasteiger partial charge in [-0.2, -0.15) is 0 Å². The van der Waals surface area contributed by atoms with Crippen LogP contribution in [0.15, 0.2) is 54.6 Å². The van der Waals surface area contributed by atoms with Gasteiger partial charge in [0.25, 0.3) is 5.91 Å². The first-order chi connectivity index (χ1) is 11.7. The maximum Gasteiger partial charge on any atom is 0.253 e. The highest BCUT2D eigenvalue weighted by atomic mass is 16.2. The summed E-state index contributed by atoms with van der Waals surface area (Å²) in [7, 11) is 0. The molecule has 2 atom stereocenters. The highest BCUT2D eigenvalue weighted by Crippen LogP contribution is 2.32. The van der Waals surface area contributed by atoms with E-state index in [4.69, 9.17) is 5.73 Å². The SMILES string of the molecule is Nc1ccc(C(=O)N2C[C@H]3CC[C@@H](C2)N3Cc2ccccc2)cc1. The molecule has 2 heterocycles. The molecule has 0 radical (unpaired) electrons. The van der Waals surface area contributed by atoms with Crippen LogP contribution in [0.25, 0.3) is 0 Å². The molecule has 2 saturated heterocycles. The Morgan fingerprint density at radius 2 is 1.58 bits per heavy atom. The van der Waals surface area contributed by atoms with Crippen LogP contribution >= 0.6 is 0 Å². The van der Waals surface area contributed by atoms with Gasteiger partial charge in [0.15, 0.2) is 0 Å². The lowest BCUT2D eigenvalue weighted by molar-refractivity contribution is 0.0424. The first kappa shape index (κ1) is 15.2. The van der Waals surface area contributed by atoms with Crippen molar-refractivity contribution in [1.29, 1.82) is 0 Å². The van der Waals surface area contributed by atoms with Gasteiger partial charge in [-0.15, -0.1) is 0 Å². The molecule has 0 unspecified atom stereocenters. The van der Waals surface area contributed by atoms with Gasteiger partial charge >= 0.3 is 0 Å². The Bertz CT molecular complexity index is 699. The number of nitrogen functional groups attached to an aromatic ring is 1. The Morgan fingerprint density at radius 3 is 2.21 bits per heavy atom. The Balaban J connectivity index is 1.46. The molecule has 0 saturated carbocycles. The highest BCUT2D eigenvalue weighted by Gasteiger charge is 2.41. The number of likely N-dealkylation sites (tertiary alicyclic amines) is 1. The molecular weight excluding hydrogens is 298 g/mol. The van der Waals surface area contributed by atoms with Crippen molar-refractivity contribution >= 4 is 11.6 Å². The molecule has 0 spiro atoms. The zero-order valence-electron chi connectivity index (χ0n) is 13.8. The molecule has 4 rings (SSSR count). The molecule has 2 aliphatic rings. The summed E-state index contributed by atoms with van der Waals surface area (Å²) in [6.45, 7) is 2.64. The fourth-order valence-electron chi connectivity index (χ4n) is 4.02. The minimum absolute atomic E-state index is 0.131. The average molecular weight is 321 g/mol. The second-order valence-electron chi connectivity index (χ2n) is 6.88. The molecule has 2 fully saturated rings. The van der Waals surface area contributed by atoms with Crippen molar-refractivity contribution in [3.05, 3.63) is 65.7 Å². The number of hydrogen-bond acceptors (Lipinski definition) is 3. The summed E-state index contributed by atoms with van der Waals surface area (Å²) in [6, 6.07) is 18.8. The molecule has 2 bridgehead atoms. The summed E-state index contributed by atoms with van der Waals surface area (Å²) in [5.74, 6) is 0.131. The Labute approximate surface area is 142 Å². The number of amides is 1. The third kappa shape index (κ3) is 2.89. The van der Waals surface area contributed by atoms with Gasteiger partial charge in [0.1, 0.15) is 0 Å². The maximum absolute atomic E-state index is 12.8. The number of piperazine rings is 1. The molecular formula is C20H23N3O. The lowest BCUT2D eigenvalue weighted by atomic mass is 10.1. The molecule has 4 nitrogen and oxygen atoms in total. The summed E-state index contributed by atoms with van der Waals surface area (Å²) in [5, 5.41) is 0. The van der Waals surface area contributed by atoms with Crippen LogP contribution in [0, 0.1) is 0 Å². The Kier molecular flexibility index (Phi) is 3.98. The zero-order valence-corrected chi connectivity index (χ0v) is 13.8. The summed E-state index contributed by atoms with van der Waals surface area (Å²) < 4.78 is 0. The largest absolute Gasteiger partial charge is 0.399 e. The zero-order chi connectivity index (χ0) is 16.5. The van der Waals surface area contributed by atoms with Gasteiger partial charge < -0.3 is 10.6 Å². The summed E-state index contributed by atoms with van der Waals surface area (Å²) in [6.07, 6.45) is 2.37. The van der Waals surface area contributed by atoms with Gasteiger partial charge in [0, 0.05) is 43.0 Å². The van der Waals surface area contributed by atoms with Gasteiger partial charge in [-0.25, -0.2) is 0 Å². The predicted octanol–water partition coefficient (Wildman–Crippen LogP) is 2.76. The van der Waals surface area contributed by atoms with Gasteiger partial charge in [-0.3, -0.25) is 9.69 Å². The number of rotatable bonds is 3. The van der Waals surface area contributed by atoms with Crippen LogP contribution in [-0.2, 0) is 6.54 Å². The lowest BCUT2D eigenvalue weighted by Gasteiger charge is -2.41. The number of benzene rings is 2. The minimum atomic E-state index is 0.131. The lowest BCUT2D eigenvalue weighted by Crippen LogP contribution is -2.54. The van der Waals surface area contributed by atoms with E-state index in [1.165, 1.54) is 18.4 Å². The minimum Gasteiger partial charge on any atom is -0.399 e. The second kappa shape index (κ2) is 6.29. The van der Waals surface area contributed by atoms with E-state index in [2.05, 4.69) is 35.2 Å². The van der Waals surface area contributed by atoms with E-state index in [-0.39, 0.29) is 5.91 Å². The number of nitrogens with two attached hydrogens (primary N) is 1. The van der Waals surface area contributed by atoms with Crippen molar-refractivity contribution in [1.82, 2.24) is 9.80 Å². The maximum atomic E-state index is 12.8. The van der Waals surface area contributed by atoms with Crippen molar-refractivity contribution in [3.63, 3.8) is 0 Å². The van der Waals surface area contributed by atoms with Crippen LogP contribution < -0.4 is 5.73 Å². The number of hydrogen-bond donors (Lipinski definition) is 1. The first-order valence-corrected chi connectivity index (χ1v) is 8.65. The molecule has 4 heteroatoms. The van der Waals surface area contributed by atoms with Gasteiger partial charge in [0.2, 0.25) is 0 Å². The fourth-order valence-corrected chi connectivity index (χ4v) is 4.02. The standard InChI is InChI=1S/C20H23N3O/c21-17-8-6-16(7-9-17)20(24)22-13-18-10-11-19(14-22)23(18)12-15-4-2-1-3-5-15/h1-9,18-19H,10-14,21H2/t18-,19+. The number of fused-ring (bicyclic) bond motifs is 2. The van der Waals surface area contributed by atoms with E-state index in [0.717, 1.165) is 25.2 Å². The third-order valence-corrected chi connectivity index (χ3v) is 5.29. The molecule has 2 aliphatic heterocycles. The van der Waals surface area contributed by atoms with E-state index in [9.17, 15) is 4.79 Å². The second-order valence-corrected chi connectivity index (χ2v) is 6.88. The monoisotopic (exact) mass is 321 g/mol. The molecule has 2 aromatic carbocycles. The molecule has 24 heavy (non-hydrogen) atoms. The van der Waals surface area contributed by atoms with E-state index in [1.54, 1.807) is 12.1 Å². The van der Waals surface area contributed by atoms with E-state index in [0.29, 0.717) is 17.8 Å². The molecule has 124 valence electrons. The van der Waals surface area contributed by atoms with Crippen LogP contribution in [-0.4, -0.2) is 40.9 Å². The first-order valence-electron chi connectivity index (χ1n) is 8.65. The topological polar surface area (TPSA) is 49.6 Å². The van der Waals surface area contributed by atoms with Crippen molar-refractivity contribution < 1.29 is 4.79 Å². The van der Waals surface area contributed by atoms with Crippen molar-refractivity contribution in [2.24, 2.45) is 0 Å². The quantitative estimate of drug-likeness (QED) is 0.885. The number of anilines is 1. The van der Waals surface area contributed by atoms with Crippen LogP contribution in [0.3, 0.4) is 0 Å². The molecule has 1 amide bonds. The molecule has 2 aromatic rings. The third-order valence-electron chi connectivity index (χ3n) is 5.29. The van der Waals surface area contributed by atoms with Crippen LogP contribution in [0.1, 0.15) is 28.8 Å². The van der Waals surface area contributed by atoms with E-state index in [1.807, 2.05) is 17.0 Å². The summed E-state index contributed by atoms with van der Waals surface area (Å²) in [5.41, 5.74) is 8.50. The van der Waals surface area contributed by atoms with Crippen LogP contribution in [0.5, 0.6) is 0 Å². The van der Waals surface area contributed by atoms with Crippen molar-refractivity contribution in [2.45, 2.75) is 31.5 Å². The van der Waals surface area contributed by atoms with E-state index >= 15 is 0 Å². The predicted molar refractivity (Wildman–Crippen MR) is 95.6 cm³/mol. The fraction of sp³-hybridized carbons (Fsp3) is 0.350. The van der Waals surface area contributed by atoms with Gasteiger partial charge in [0.05, 0.1) is 0 Å². The Hall–Kier alpha value is -2.33. The van der Waals surface area contributed by atoms with Crippen molar-refractivity contribution in [2.75, 3.05) is 18.8 Å². The smallest absolute Gasteiger partial charge is 0.253 e.